The van der Waals surface area contributed by atoms with Gasteiger partial charge in [-0.05, 0) is 111 Å². The van der Waals surface area contributed by atoms with Gasteiger partial charge < -0.3 is 9.11 Å². The predicted molar refractivity (Wildman–Crippen MR) is 258 cm³/mol. The van der Waals surface area contributed by atoms with Gasteiger partial charge >= 0.3 is 0 Å². The van der Waals surface area contributed by atoms with Gasteiger partial charge in [-0.3, -0.25) is 0 Å². The third-order valence-electron chi connectivity index (χ3n) is 10.6. The van der Waals surface area contributed by atoms with Crippen molar-refractivity contribution in [1.82, 2.24) is 0 Å². The van der Waals surface area contributed by atoms with Crippen molar-refractivity contribution in [3.8, 4) is 0 Å². The Kier molecular flexibility index (Phi) is 15.6. The SMILES string of the molecule is Cc1ccc(S(=O)(=O)[O-])cc1.Cc1ccc(S(=O)(=O)[O-])cc1.c1ccc([P+](CC[P+](c2ccccc2)(c2ccccc2)c2ccccc2)(c2ccccc2)c2ccccc2)cc1. The highest BCUT2D eigenvalue weighted by molar-refractivity contribution is 7.99. The van der Waals surface area contributed by atoms with Crippen LogP contribution in [0.25, 0.3) is 0 Å². The molecular weight excluding hydrogens is 847 g/mol. The second-order valence-corrected chi connectivity index (χ2v) is 24.6. The highest BCUT2D eigenvalue weighted by Crippen LogP contribution is 2.62. The molecule has 8 rings (SSSR count). The van der Waals surface area contributed by atoms with E-state index in [2.05, 4.69) is 182 Å². The predicted octanol–water partition coefficient (Wildman–Crippen LogP) is 8.77. The lowest BCUT2D eigenvalue weighted by molar-refractivity contribution is 0.461. The van der Waals surface area contributed by atoms with Crippen LogP contribution < -0.4 is 31.8 Å². The van der Waals surface area contributed by atoms with Crippen molar-refractivity contribution in [1.29, 1.82) is 0 Å². The zero-order chi connectivity index (χ0) is 44.1. The van der Waals surface area contributed by atoms with Gasteiger partial charge in [0.05, 0.1) is 9.79 Å². The second-order valence-electron chi connectivity index (χ2n) is 14.6. The van der Waals surface area contributed by atoms with Crippen molar-refractivity contribution in [2.45, 2.75) is 23.6 Å². The van der Waals surface area contributed by atoms with Crippen LogP contribution in [0.2, 0.25) is 0 Å². The van der Waals surface area contributed by atoms with Gasteiger partial charge in [0.1, 0.15) is 78.9 Å². The standard InChI is InChI=1S/C38H34P2.2C7H8O3S/c1-7-19-33(20-8-1)39(34-21-9-2-10-22-34,35-23-11-3-12-24-35)31-32-40(36-25-13-4-14-26-36,37-27-15-5-16-28-37)38-29-17-6-18-30-38;2*1-6-2-4-7(5-3-6)11(8,9)10/h1-30H,31-32H2;2*2-5H,1H3,(H,8,9,10)/q+2;;/p-2. The molecule has 62 heavy (non-hydrogen) atoms. The summed E-state index contributed by atoms with van der Waals surface area (Å²) in [5.41, 5.74) is 1.86. The van der Waals surface area contributed by atoms with Crippen LogP contribution in [0.15, 0.2) is 240 Å². The number of aryl methyl sites for hydroxylation is 2. The normalized spacial score (nSPS) is 11.6. The molecule has 0 aromatic heterocycles. The van der Waals surface area contributed by atoms with Crippen LogP contribution in [0.1, 0.15) is 11.1 Å². The molecule has 0 heterocycles. The van der Waals surface area contributed by atoms with Crippen LogP contribution >= 0.6 is 14.5 Å². The minimum atomic E-state index is -4.27. The molecule has 0 saturated carbocycles. The molecule has 8 aromatic carbocycles. The Bertz CT molecular complexity index is 2420. The van der Waals surface area contributed by atoms with E-state index in [0.29, 0.717) is 0 Å². The second kappa shape index (κ2) is 21.0. The van der Waals surface area contributed by atoms with Crippen molar-refractivity contribution in [3.63, 3.8) is 0 Å². The molecule has 6 nitrogen and oxygen atoms in total. The summed E-state index contributed by atoms with van der Waals surface area (Å²) in [7, 11) is -12.5. The summed E-state index contributed by atoms with van der Waals surface area (Å²) >= 11 is 0. The van der Waals surface area contributed by atoms with Gasteiger partial charge in [-0.2, -0.15) is 0 Å². The molecule has 0 fully saturated rings. The lowest BCUT2D eigenvalue weighted by Gasteiger charge is -2.32. The van der Waals surface area contributed by atoms with E-state index in [1.54, 1.807) is 24.3 Å². The highest BCUT2D eigenvalue weighted by atomic mass is 32.2. The Labute approximate surface area is 368 Å². The third kappa shape index (κ3) is 11.3. The maximum absolute atomic E-state index is 10.4. The first-order chi connectivity index (χ1) is 29.8. The van der Waals surface area contributed by atoms with E-state index in [1.165, 1.54) is 56.1 Å². The summed E-state index contributed by atoms with van der Waals surface area (Å²) < 4.78 is 62.3. The fourth-order valence-electron chi connectivity index (χ4n) is 7.47. The first-order valence-corrected chi connectivity index (χ1v) is 26.8. The summed E-state index contributed by atoms with van der Waals surface area (Å²) in [6.45, 7) is 3.64. The van der Waals surface area contributed by atoms with Crippen LogP contribution in [0.5, 0.6) is 0 Å². The minimum absolute atomic E-state index is 0.178. The molecule has 0 aliphatic heterocycles. The summed E-state index contributed by atoms with van der Waals surface area (Å²) in [5.74, 6) is 0. The molecule has 0 atom stereocenters. The Morgan fingerprint density at radius 3 is 0.645 bits per heavy atom. The van der Waals surface area contributed by atoms with Crippen LogP contribution in [-0.2, 0) is 20.2 Å². The molecule has 314 valence electrons. The van der Waals surface area contributed by atoms with E-state index >= 15 is 0 Å². The van der Waals surface area contributed by atoms with Crippen LogP contribution in [0.4, 0.5) is 0 Å². The molecule has 0 aliphatic carbocycles. The molecule has 0 saturated heterocycles. The van der Waals surface area contributed by atoms with Crippen LogP contribution in [0.3, 0.4) is 0 Å². The van der Waals surface area contributed by atoms with Crippen molar-refractivity contribution < 1.29 is 25.9 Å². The molecule has 0 N–H and O–H groups in total. The topological polar surface area (TPSA) is 114 Å². The van der Waals surface area contributed by atoms with E-state index in [1.807, 2.05) is 13.8 Å². The Morgan fingerprint density at radius 2 is 0.484 bits per heavy atom. The molecular formula is C52H48O6P2S2. The average molecular weight is 895 g/mol. The van der Waals surface area contributed by atoms with Crippen molar-refractivity contribution in [2.75, 3.05) is 12.3 Å². The zero-order valence-corrected chi connectivity index (χ0v) is 37.9. The summed E-state index contributed by atoms with van der Waals surface area (Å²) in [6, 6.07) is 79.3. The number of hydrogen-bond donors (Lipinski definition) is 0. The lowest BCUT2D eigenvalue weighted by atomic mass is 10.2. The Morgan fingerprint density at radius 1 is 0.306 bits per heavy atom. The van der Waals surface area contributed by atoms with Crippen molar-refractivity contribution in [2.24, 2.45) is 0 Å². The maximum Gasteiger partial charge on any atom is 0.124 e. The number of hydrogen-bond acceptors (Lipinski definition) is 6. The third-order valence-corrected chi connectivity index (χ3v) is 21.5. The maximum atomic E-state index is 10.4. The largest absolute Gasteiger partial charge is 0.744 e. The quantitative estimate of drug-likeness (QED) is 0.0948. The molecule has 0 bridgehead atoms. The van der Waals surface area contributed by atoms with Crippen molar-refractivity contribution >= 4 is 66.6 Å². The molecule has 8 aromatic rings. The molecule has 0 unspecified atom stereocenters. The Hall–Kier alpha value is -5.56. The van der Waals surface area contributed by atoms with Gasteiger partial charge in [-0.25, -0.2) is 16.8 Å². The molecule has 0 radical (unpaired) electrons. The van der Waals surface area contributed by atoms with Gasteiger partial charge in [0.15, 0.2) is 0 Å². The van der Waals surface area contributed by atoms with Gasteiger partial charge in [-0.1, -0.05) is 145 Å². The monoisotopic (exact) mass is 894 g/mol. The van der Waals surface area contributed by atoms with Crippen LogP contribution in [-0.4, -0.2) is 38.3 Å². The number of rotatable bonds is 11. The fraction of sp³-hybridized carbons (Fsp3) is 0.0769. The van der Waals surface area contributed by atoms with E-state index in [9.17, 15) is 25.9 Å². The van der Waals surface area contributed by atoms with E-state index in [4.69, 9.17) is 0 Å². The summed E-state index contributed by atoms with van der Waals surface area (Å²) in [4.78, 5) is -0.355. The molecule has 0 spiro atoms. The lowest BCUT2D eigenvalue weighted by Crippen LogP contribution is -2.39. The van der Waals surface area contributed by atoms with Gasteiger partial charge in [0, 0.05) is 0 Å². The van der Waals surface area contributed by atoms with Gasteiger partial charge in [0.2, 0.25) is 0 Å². The van der Waals surface area contributed by atoms with Gasteiger partial charge in [-0.15, -0.1) is 0 Å². The fourth-order valence-corrected chi connectivity index (χ4v) is 18.2. The van der Waals surface area contributed by atoms with E-state index in [-0.39, 0.29) is 9.79 Å². The minimum Gasteiger partial charge on any atom is -0.744 e. The van der Waals surface area contributed by atoms with Crippen molar-refractivity contribution in [3.05, 3.63) is 242 Å². The van der Waals surface area contributed by atoms with Gasteiger partial charge in [0.25, 0.3) is 0 Å². The number of benzene rings is 8. The zero-order valence-electron chi connectivity index (χ0n) is 34.5. The summed E-state index contributed by atoms with van der Waals surface area (Å²) in [5, 5.41) is 8.66. The molecule has 0 aliphatic rings. The molecule has 0 amide bonds. The van der Waals surface area contributed by atoms with E-state index < -0.39 is 34.8 Å². The van der Waals surface area contributed by atoms with Crippen LogP contribution in [0, 0.1) is 13.8 Å². The molecule has 10 heteroatoms. The first-order valence-electron chi connectivity index (χ1n) is 20.0. The first kappa shape index (κ1) is 46.0. The summed E-state index contributed by atoms with van der Waals surface area (Å²) in [6.07, 6.45) is 2.16. The average Bonchev–Trinajstić information content (AvgIpc) is 3.30. The highest BCUT2D eigenvalue weighted by Gasteiger charge is 2.52. The Balaban J connectivity index is 0.000000237. The van der Waals surface area contributed by atoms with E-state index in [0.717, 1.165) is 23.5 Å². The smallest absolute Gasteiger partial charge is 0.124 e.